The summed E-state index contributed by atoms with van der Waals surface area (Å²) in [6.07, 6.45) is 8.37. The highest BCUT2D eigenvalue weighted by Crippen LogP contribution is 2.43. The van der Waals surface area contributed by atoms with Crippen LogP contribution in [0.3, 0.4) is 0 Å². The summed E-state index contributed by atoms with van der Waals surface area (Å²) in [6, 6.07) is 54.0. The van der Waals surface area contributed by atoms with Gasteiger partial charge in [-0.15, -0.1) is 0 Å². The molecule has 10 rings (SSSR count). The molecule has 0 aliphatic carbocycles. The van der Waals surface area contributed by atoms with E-state index in [9.17, 15) is 9.90 Å². The molecule has 7 nitrogen and oxygen atoms in total. The zero-order valence-corrected chi connectivity index (χ0v) is 38.0. The summed E-state index contributed by atoms with van der Waals surface area (Å²) in [6.45, 7) is 13.5. The van der Waals surface area contributed by atoms with Crippen molar-refractivity contribution in [3.05, 3.63) is 197 Å². The first kappa shape index (κ1) is 42.0. The quantitative estimate of drug-likeness (QED) is 0.148. The standard InChI is InChI=1S/C59H51N5O2/c1-58(2,3)41-21-25-43(26-22-41)64(44-27-23-42(24-28-44)59(4,5)6)56-51-35-33-49(62-51)53(37-13-9-7-10-14-37)45-29-31-47(60-45)55(39-17-19-40(20-18-39)57(65)66)48-32-30-46(61-48)54(38-15-11-8-12-16-38)50-34-36-52(56)63-50/h7-36,60,63H,1-6H3,(H,65,66). The molecule has 0 atom stereocenters. The van der Waals surface area contributed by atoms with E-state index in [-0.39, 0.29) is 16.4 Å². The van der Waals surface area contributed by atoms with Crippen molar-refractivity contribution in [1.29, 1.82) is 0 Å². The number of aromatic nitrogens is 4. The number of H-pyrrole nitrogens is 2. The normalized spacial score (nSPS) is 12.4. The maximum atomic E-state index is 11.9. The molecule has 7 heteroatoms. The molecule has 2 aliphatic rings. The number of carboxylic acids is 1. The molecule has 0 saturated carbocycles. The van der Waals surface area contributed by atoms with Crippen molar-refractivity contribution in [2.45, 2.75) is 52.4 Å². The van der Waals surface area contributed by atoms with E-state index >= 15 is 0 Å². The fraction of sp³-hybridized carbons (Fsp3) is 0.136. The summed E-state index contributed by atoms with van der Waals surface area (Å²) in [7, 11) is 0. The molecule has 0 spiro atoms. The third-order valence-corrected chi connectivity index (χ3v) is 12.5. The summed E-state index contributed by atoms with van der Waals surface area (Å²) < 4.78 is 0. The van der Waals surface area contributed by atoms with Crippen LogP contribution in [-0.2, 0) is 10.8 Å². The van der Waals surface area contributed by atoms with Gasteiger partial charge in [-0.05, 0) is 124 Å². The van der Waals surface area contributed by atoms with Crippen LogP contribution in [-0.4, -0.2) is 31.0 Å². The van der Waals surface area contributed by atoms with Gasteiger partial charge in [0, 0.05) is 44.6 Å². The number of aromatic amines is 2. The van der Waals surface area contributed by atoms with Gasteiger partial charge in [0.2, 0.25) is 0 Å². The Kier molecular flexibility index (Phi) is 10.5. The Morgan fingerprint density at radius 1 is 0.439 bits per heavy atom. The maximum absolute atomic E-state index is 11.9. The van der Waals surface area contributed by atoms with Crippen LogP contribution < -0.4 is 4.90 Å². The Morgan fingerprint density at radius 3 is 1.21 bits per heavy atom. The lowest BCUT2D eigenvalue weighted by molar-refractivity contribution is 0.0697. The molecule has 5 aromatic carbocycles. The highest BCUT2D eigenvalue weighted by atomic mass is 16.4. The number of hydrogen-bond donors (Lipinski definition) is 3. The largest absolute Gasteiger partial charge is 0.478 e. The summed E-state index contributed by atoms with van der Waals surface area (Å²) >= 11 is 0. The van der Waals surface area contributed by atoms with Crippen molar-refractivity contribution in [1.82, 2.24) is 19.9 Å². The molecule has 0 amide bonds. The zero-order chi connectivity index (χ0) is 45.7. The van der Waals surface area contributed by atoms with Crippen molar-refractivity contribution in [3.8, 4) is 33.4 Å². The van der Waals surface area contributed by atoms with Crippen LogP contribution in [0.5, 0.6) is 0 Å². The van der Waals surface area contributed by atoms with E-state index in [1.54, 1.807) is 12.1 Å². The first-order chi connectivity index (χ1) is 31.8. The van der Waals surface area contributed by atoms with E-state index in [1.807, 2.05) is 24.3 Å². The number of anilines is 3. The molecule has 8 aromatic rings. The number of carboxylic acid groups (broad SMARTS) is 1. The van der Waals surface area contributed by atoms with Crippen LogP contribution in [0.2, 0.25) is 0 Å². The molecule has 324 valence electrons. The number of nitrogens with one attached hydrogen (secondary N) is 2. The summed E-state index contributed by atoms with van der Waals surface area (Å²) in [5.74, 6) is -0.975. The van der Waals surface area contributed by atoms with Gasteiger partial charge in [0.05, 0.1) is 39.5 Å². The van der Waals surface area contributed by atoms with Crippen LogP contribution in [0.25, 0.3) is 79.8 Å². The second kappa shape index (κ2) is 16.5. The van der Waals surface area contributed by atoms with E-state index in [2.05, 4.69) is 202 Å². The molecule has 0 unspecified atom stereocenters. The van der Waals surface area contributed by atoms with Crippen LogP contribution in [0.15, 0.2) is 158 Å². The molecular formula is C59H51N5O2. The lowest BCUT2D eigenvalue weighted by Gasteiger charge is -2.28. The van der Waals surface area contributed by atoms with Crippen molar-refractivity contribution >= 4 is 69.4 Å². The average molecular weight is 862 g/mol. The van der Waals surface area contributed by atoms with Crippen LogP contribution in [0.4, 0.5) is 17.1 Å². The number of benzene rings is 5. The second-order valence-corrected chi connectivity index (χ2v) is 19.0. The Hall–Kier alpha value is -8.03. The van der Waals surface area contributed by atoms with Crippen molar-refractivity contribution in [2.75, 3.05) is 4.90 Å². The Labute approximate surface area is 385 Å². The van der Waals surface area contributed by atoms with E-state index in [0.29, 0.717) is 0 Å². The van der Waals surface area contributed by atoms with Crippen LogP contribution in [0.1, 0.15) is 85.8 Å². The minimum Gasteiger partial charge on any atom is -0.478 e. The third kappa shape index (κ3) is 7.94. The third-order valence-electron chi connectivity index (χ3n) is 12.5. The van der Waals surface area contributed by atoms with Gasteiger partial charge in [0.15, 0.2) is 0 Å². The molecule has 2 aliphatic heterocycles. The topological polar surface area (TPSA) is 97.9 Å². The molecule has 0 saturated heterocycles. The van der Waals surface area contributed by atoms with Gasteiger partial charge in [0.25, 0.3) is 0 Å². The van der Waals surface area contributed by atoms with Crippen molar-refractivity contribution < 1.29 is 9.90 Å². The van der Waals surface area contributed by atoms with E-state index in [1.165, 1.54) is 11.1 Å². The number of hydrogen-bond acceptors (Lipinski definition) is 4. The minimum absolute atomic E-state index is 0.0213. The fourth-order valence-electron chi connectivity index (χ4n) is 8.95. The molecule has 3 N–H and O–H groups in total. The molecule has 66 heavy (non-hydrogen) atoms. The van der Waals surface area contributed by atoms with Gasteiger partial charge in [-0.25, -0.2) is 14.8 Å². The number of nitrogens with zero attached hydrogens (tertiary/aromatic N) is 3. The van der Waals surface area contributed by atoms with Gasteiger partial charge in [-0.2, -0.15) is 0 Å². The van der Waals surface area contributed by atoms with Gasteiger partial charge >= 0.3 is 5.97 Å². The maximum Gasteiger partial charge on any atom is 0.335 e. The van der Waals surface area contributed by atoms with E-state index < -0.39 is 5.97 Å². The van der Waals surface area contributed by atoms with Crippen molar-refractivity contribution in [3.63, 3.8) is 0 Å². The van der Waals surface area contributed by atoms with Gasteiger partial charge in [-0.3, -0.25) is 0 Å². The molecule has 0 fully saturated rings. The molecule has 5 heterocycles. The minimum atomic E-state index is -0.975. The first-order valence-corrected chi connectivity index (χ1v) is 22.4. The highest BCUT2D eigenvalue weighted by Gasteiger charge is 2.24. The fourth-order valence-corrected chi connectivity index (χ4v) is 8.95. The molecule has 3 aromatic heterocycles. The molecule has 0 radical (unpaired) electrons. The van der Waals surface area contributed by atoms with E-state index in [4.69, 9.17) is 9.97 Å². The lowest BCUT2D eigenvalue weighted by atomic mass is 9.86. The smallest absolute Gasteiger partial charge is 0.335 e. The Bertz CT molecular complexity index is 3270. The van der Waals surface area contributed by atoms with Crippen LogP contribution >= 0.6 is 0 Å². The first-order valence-electron chi connectivity index (χ1n) is 22.4. The number of carbonyl (C=O) groups is 1. The summed E-state index contributed by atoms with van der Waals surface area (Å²) in [4.78, 5) is 33.0. The predicted octanol–water partition coefficient (Wildman–Crippen LogP) is 15.4. The highest BCUT2D eigenvalue weighted by molar-refractivity contribution is 6.01. The van der Waals surface area contributed by atoms with E-state index in [0.717, 1.165) is 95.3 Å². The van der Waals surface area contributed by atoms with Gasteiger partial charge < -0.3 is 20.0 Å². The van der Waals surface area contributed by atoms with Crippen molar-refractivity contribution in [2.24, 2.45) is 0 Å². The molecular weight excluding hydrogens is 811 g/mol. The average Bonchev–Trinajstić information content (AvgIpc) is 4.17. The number of fused-ring (bicyclic) bond motifs is 8. The van der Waals surface area contributed by atoms with Gasteiger partial charge in [-0.1, -0.05) is 139 Å². The lowest BCUT2D eigenvalue weighted by Crippen LogP contribution is -2.15. The predicted molar refractivity (Wildman–Crippen MR) is 274 cm³/mol. The molecule has 8 bridgehead atoms. The van der Waals surface area contributed by atoms with Crippen LogP contribution in [0, 0.1) is 0 Å². The Morgan fingerprint density at radius 2 is 0.803 bits per heavy atom. The monoisotopic (exact) mass is 861 g/mol. The number of aromatic carboxylic acids is 1. The second-order valence-electron chi connectivity index (χ2n) is 19.0. The van der Waals surface area contributed by atoms with Gasteiger partial charge in [0.1, 0.15) is 0 Å². The summed E-state index contributed by atoms with van der Waals surface area (Å²) in [5.41, 5.74) is 17.8. The Balaban J connectivity index is 1.35. The number of rotatable bonds is 7. The zero-order valence-electron chi connectivity index (χ0n) is 38.0. The SMILES string of the molecule is CC(C)(C)c1ccc(N(c2ccc(C(C)(C)C)cc2)c2c3nc(c(-c4ccccc4)c4ccc([nH]4)c(-c4ccc(C(=O)O)cc4)c4nc(c(-c5ccccc5)c5ccc2[nH]5)C=C4)C=C3)cc1. The summed E-state index contributed by atoms with van der Waals surface area (Å²) in [5, 5.41) is 9.79.